The summed E-state index contributed by atoms with van der Waals surface area (Å²) in [6, 6.07) is 19.2. The molecule has 2 fully saturated rings. The first-order valence-electron chi connectivity index (χ1n) is 16.6. The Labute approximate surface area is 292 Å². The van der Waals surface area contributed by atoms with Crippen LogP contribution >= 0.6 is 11.6 Å². The predicted octanol–water partition coefficient (Wildman–Crippen LogP) is 6.11. The molecule has 1 N–H and O–H groups in total. The average molecular weight is 701 g/mol. The normalized spacial score (nSPS) is 15.4. The van der Waals surface area contributed by atoms with Gasteiger partial charge in [-0.3, -0.25) is 14.7 Å². The number of hydrogen-bond acceptors (Lipinski definition) is 7. The minimum Gasteiger partial charge on any atom is -0.491 e. The highest BCUT2D eigenvalue weighted by Crippen LogP contribution is 2.31. The molecule has 2 aliphatic rings. The maximum atomic E-state index is 14.7. The number of rotatable bonds is 8. The van der Waals surface area contributed by atoms with Crippen LogP contribution in [0.25, 0.3) is 22.5 Å². The summed E-state index contributed by atoms with van der Waals surface area (Å²) in [4.78, 5) is 32.7. The molecule has 3 aromatic carbocycles. The van der Waals surface area contributed by atoms with Crippen molar-refractivity contribution in [2.45, 2.75) is 25.8 Å². The number of hydrogen-bond donors (Lipinski definition) is 1. The molecule has 2 saturated heterocycles. The molecule has 0 bridgehead atoms. The van der Waals surface area contributed by atoms with Crippen molar-refractivity contribution in [1.82, 2.24) is 35.0 Å². The maximum Gasteiger partial charge on any atom is 0.253 e. The highest BCUT2D eigenvalue weighted by atomic mass is 35.5. The fraction of sp³-hybridized carbons (Fsp3) is 0.306. The summed E-state index contributed by atoms with van der Waals surface area (Å²) in [7, 11) is 0. The van der Waals surface area contributed by atoms with E-state index in [2.05, 4.69) is 25.4 Å². The molecular weight excluding hydrogens is 666 g/mol. The third-order valence-corrected chi connectivity index (χ3v) is 9.48. The summed E-state index contributed by atoms with van der Waals surface area (Å²) in [6.07, 6.45) is 2.81. The van der Waals surface area contributed by atoms with E-state index >= 15 is 0 Å². The van der Waals surface area contributed by atoms with Gasteiger partial charge in [0.1, 0.15) is 5.69 Å². The summed E-state index contributed by atoms with van der Waals surface area (Å²) >= 11 is 6.02. The van der Waals surface area contributed by atoms with E-state index in [9.17, 15) is 18.4 Å². The van der Waals surface area contributed by atoms with Gasteiger partial charge in [0.15, 0.2) is 17.4 Å². The van der Waals surface area contributed by atoms with Crippen LogP contribution < -0.4 is 9.64 Å². The van der Waals surface area contributed by atoms with Crippen molar-refractivity contribution in [2.24, 2.45) is 0 Å². The Morgan fingerprint density at radius 3 is 2.24 bits per heavy atom. The molecule has 0 atom stereocenters. The summed E-state index contributed by atoms with van der Waals surface area (Å²) in [5.74, 6) is -1.70. The molecule has 7 rings (SSSR count). The lowest BCUT2D eigenvalue weighted by Crippen LogP contribution is -2.49. The molecule has 0 aliphatic carbocycles. The highest BCUT2D eigenvalue weighted by molar-refractivity contribution is 6.30. The Kier molecular flexibility index (Phi) is 9.48. The number of aromatic nitrogens is 5. The van der Waals surface area contributed by atoms with Gasteiger partial charge in [-0.25, -0.2) is 9.07 Å². The van der Waals surface area contributed by atoms with Gasteiger partial charge in [0.25, 0.3) is 11.8 Å². The van der Waals surface area contributed by atoms with Crippen molar-refractivity contribution >= 4 is 29.2 Å². The Bertz CT molecular complexity index is 2000. The van der Waals surface area contributed by atoms with Crippen LogP contribution in [0.3, 0.4) is 0 Å². The van der Waals surface area contributed by atoms with E-state index in [-0.39, 0.29) is 41.5 Å². The van der Waals surface area contributed by atoms with Crippen molar-refractivity contribution in [2.75, 3.05) is 50.8 Å². The number of carbonyl (C=O) groups excluding carboxylic acids is 2. The number of likely N-dealkylation sites (tertiary alicyclic amines) is 1. The van der Waals surface area contributed by atoms with Crippen molar-refractivity contribution < 1.29 is 23.1 Å². The van der Waals surface area contributed by atoms with Crippen LogP contribution in [0.1, 0.15) is 46.5 Å². The minimum absolute atomic E-state index is 0.00243. The van der Waals surface area contributed by atoms with E-state index in [1.165, 1.54) is 12.1 Å². The number of aromatic amines is 1. The molecule has 50 heavy (non-hydrogen) atoms. The first-order chi connectivity index (χ1) is 24.3. The number of H-pyrrole nitrogens is 1. The highest BCUT2D eigenvalue weighted by Gasteiger charge is 2.28. The molecule has 2 aromatic heterocycles. The fourth-order valence-electron chi connectivity index (χ4n) is 6.45. The van der Waals surface area contributed by atoms with Crippen LogP contribution in [-0.4, -0.2) is 92.7 Å². The van der Waals surface area contributed by atoms with Crippen LogP contribution in [0.5, 0.6) is 5.75 Å². The lowest BCUT2D eigenvalue weighted by molar-refractivity contribution is 0.0689. The van der Waals surface area contributed by atoms with Crippen LogP contribution in [0.15, 0.2) is 72.9 Å². The number of piperazine rings is 1. The van der Waals surface area contributed by atoms with Gasteiger partial charge in [-0.15, -0.1) is 5.10 Å². The number of anilines is 1. The van der Waals surface area contributed by atoms with Crippen LogP contribution in [0.2, 0.25) is 5.02 Å². The largest absolute Gasteiger partial charge is 0.491 e. The molecule has 2 aliphatic heterocycles. The smallest absolute Gasteiger partial charge is 0.253 e. The van der Waals surface area contributed by atoms with E-state index in [1.54, 1.807) is 51.9 Å². The van der Waals surface area contributed by atoms with E-state index in [1.807, 2.05) is 30.3 Å². The van der Waals surface area contributed by atoms with E-state index in [4.69, 9.17) is 16.3 Å². The molecular formula is C36H35ClF2N8O3. The molecule has 2 amide bonds. The number of amides is 2. The summed E-state index contributed by atoms with van der Waals surface area (Å²) in [5.41, 5.74) is 3.02. The van der Waals surface area contributed by atoms with Gasteiger partial charge in [0.2, 0.25) is 5.82 Å². The Hall–Kier alpha value is -5.30. The molecule has 11 nitrogen and oxygen atoms in total. The number of nitrogens with one attached hydrogen (secondary N) is 1. The molecule has 14 heteroatoms. The number of piperidine rings is 1. The van der Waals surface area contributed by atoms with Crippen molar-refractivity contribution in [3.05, 3.63) is 101 Å². The Morgan fingerprint density at radius 2 is 1.56 bits per heavy atom. The number of nitrogens with zero attached hydrogens (tertiary/aromatic N) is 7. The molecule has 0 unspecified atom stereocenters. The number of ether oxygens (including phenoxy) is 1. The Morgan fingerprint density at radius 1 is 0.880 bits per heavy atom. The standard InChI is InChI=1S/C36H35ClF2N8O3/c1-2-50-31-11-10-28(33(38)34(31)39)30-22-47(43-41-30)27-12-14-45(15-13-27)35(48)24-4-3-5-25(20-24)36(49)46-18-16-44(17-19-46)32-21-29(40-42-32)23-6-8-26(37)9-7-23/h3-11,20-22,27H,2,12-19H2,1H3,(H,40,42). The zero-order valence-electron chi connectivity index (χ0n) is 27.4. The minimum atomic E-state index is -1.06. The second-order valence-electron chi connectivity index (χ2n) is 12.3. The van der Waals surface area contributed by atoms with E-state index in [0.717, 1.165) is 17.1 Å². The predicted molar refractivity (Wildman–Crippen MR) is 184 cm³/mol. The lowest BCUT2D eigenvalue weighted by Gasteiger charge is -2.35. The summed E-state index contributed by atoms with van der Waals surface area (Å²) in [6.45, 7) is 5.16. The topological polar surface area (TPSA) is 112 Å². The average Bonchev–Trinajstić information content (AvgIpc) is 3.85. The molecule has 0 spiro atoms. The third kappa shape index (κ3) is 6.77. The van der Waals surface area contributed by atoms with Gasteiger partial charge in [0.05, 0.1) is 24.5 Å². The Balaban J connectivity index is 0.932. The monoisotopic (exact) mass is 700 g/mol. The lowest BCUT2D eigenvalue weighted by atomic mass is 10.0. The van der Waals surface area contributed by atoms with Gasteiger partial charge in [0, 0.05) is 67.0 Å². The summed E-state index contributed by atoms with van der Waals surface area (Å²) < 4.78 is 35.9. The zero-order valence-corrected chi connectivity index (χ0v) is 28.1. The second-order valence-corrected chi connectivity index (χ2v) is 12.7. The fourth-order valence-corrected chi connectivity index (χ4v) is 6.57. The van der Waals surface area contributed by atoms with Crippen molar-refractivity contribution in [1.29, 1.82) is 0 Å². The van der Waals surface area contributed by atoms with Gasteiger partial charge in [-0.05, 0) is 67.8 Å². The van der Waals surface area contributed by atoms with Crippen molar-refractivity contribution in [3.8, 4) is 28.3 Å². The van der Waals surface area contributed by atoms with Gasteiger partial charge < -0.3 is 19.4 Å². The summed E-state index contributed by atoms with van der Waals surface area (Å²) in [5, 5.41) is 16.5. The molecule has 0 radical (unpaired) electrons. The zero-order chi connectivity index (χ0) is 34.8. The number of benzene rings is 3. The van der Waals surface area contributed by atoms with Gasteiger partial charge >= 0.3 is 0 Å². The van der Waals surface area contributed by atoms with Crippen LogP contribution in [0, 0.1) is 11.6 Å². The van der Waals surface area contributed by atoms with E-state index in [0.29, 0.717) is 68.3 Å². The number of halogens is 3. The number of carbonyl (C=O) groups is 2. The molecule has 258 valence electrons. The van der Waals surface area contributed by atoms with Gasteiger partial charge in [-0.2, -0.15) is 9.49 Å². The van der Waals surface area contributed by atoms with Crippen LogP contribution in [0.4, 0.5) is 14.6 Å². The van der Waals surface area contributed by atoms with E-state index < -0.39 is 11.6 Å². The quantitative estimate of drug-likeness (QED) is 0.208. The molecule has 0 saturated carbocycles. The molecule has 5 aromatic rings. The first kappa shape index (κ1) is 33.2. The SMILES string of the molecule is CCOc1ccc(-c2cn(C3CCN(C(=O)c4cccc(C(=O)N5CCN(c6cc(-c7ccc(Cl)cc7)[nH]n6)CC5)c4)CC3)nn2)c(F)c1F. The first-order valence-corrected chi connectivity index (χ1v) is 16.9. The van der Waals surface area contributed by atoms with Crippen molar-refractivity contribution in [3.63, 3.8) is 0 Å². The molecule has 4 heterocycles. The van der Waals surface area contributed by atoms with Gasteiger partial charge in [-0.1, -0.05) is 35.0 Å². The second kappa shape index (κ2) is 14.3. The third-order valence-electron chi connectivity index (χ3n) is 9.23. The van der Waals surface area contributed by atoms with Crippen LogP contribution in [-0.2, 0) is 0 Å². The maximum absolute atomic E-state index is 14.7.